The Morgan fingerprint density at radius 3 is 2.29 bits per heavy atom. The number of aromatic nitrogens is 3. The van der Waals surface area contributed by atoms with Crippen LogP contribution in [-0.4, -0.2) is 62.1 Å². The molecule has 0 spiro atoms. The fourth-order valence-corrected chi connectivity index (χ4v) is 3.93. The van der Waals surface area contributed by atoms with Crippen molar-refractivity contribution in [2.45, 2.75) is 20.4 Å². The van der Waals surface area contributed by atoms with Gasteiger partial charge in [0.15, 0.2) is 0 Å². The third kappa shape index (κ3) is 4.66. The minimum Gasteiger partial charge on any atom is -0.339 e. The van der Waals surface area contributed by atoms with E-state index in [1.54, 1.807) is 11.0 Å². The van der Waals surface area contributed by atoms with E-state index in [-0.39, 0.29) is 31.2 Å². The van der Waals surface area contributed by atoms with Crippen molar-refractivity contribution in [2.24, 2.45) is 0 Å². The SMILES string of the molecule is CC(=O)N1CCN(C(=O)c2nn(-c3cccc(F)c3)c(=O)n(Cc3cccc(C)c3)c2=O)CC1. The number of rotatable bonds is 4. The van der Waals surface area contributed by atoms with Gasteiger partial charge in [0.1, 0.15) is 5.82 Å². The van der Waals surface area contributed by atoms with E-state index >= 15 is 0 Å². The van der Waals surface area contributed by atoms with Gasteiger partial charge in [-0.25, -0.2) is 9.18 Å². The predicted octanol–water partition coefficient (Wildman–Crippen LogP) is 1.19. The molecule has 0 bridgehead atoms. The first-order chi connectivity index (χ1) is 16.2. The quantitative estimate of drug-likeness (QED) is 0.577. The van der Waals surface area contributed by atoms with Crippen molar-refractivity contribution >= 4 is 11.8 Å². The summed E-state index contributed by atoms with van der Waals surface area (Å²) in [5.41, 5.74) is -0.297. The van der Waals surface area contributed by atoms with Gasteiger partial charge in [0, 0.05) is 33.1 Å². The average Bonchev–Trinajstić information content (AvgIpc) is 2.81. The molecule has 1 aliphatic rings. The molecule has 0 saturated carbocycles. The third-order valence-corrected chi connectivity index (χ3v) is 5.75. The summed E-state index contributed by atoms with van der Waals surface area (Å²) in [7, 11) is 0. The Morgan fingerprint density at radius 1 is 0.971 bits per heavy atom. The van der Waals surface area contributed by atoms with Crippen LogP contribution in [-0.2, 0) is 11.3 Å². The van der Waals surface area contributed by atoms with Crippen molar-refractivity contribution < 1.29 is 14.0 Å². The molecular formula is C24H24FN5O4. The molecule has 2 heterocycles. The van der Waals surface area contributed by atoms with Gasteiger partial charge < -0.3 is 9.80 Å². The second kappa shape index (κ2) is 9.42. The van der Waals surface area contributed by atoms with Gasteiger partial charge in [-0.2, -0.15) is 9.78 Å². The van der Waals surface area contributed by atoms with Gasteiger partial charge in [-0.1, -0.05) is 35.9 Å². The molecule has 3 aromatic rings. The Balaban J connectivity index is 1.80. The van der Waals surface area contributed by atoms with E-state index in [1.807, 2.05) is 25.1 Å². The summed E-state index contributed by atoms with van der Waals surface area (Å²) in [6.07, 6.45) is 0. The largest absolute Gasteiger partial charge is 0.352 e. The summed E-state index contributed by atoms with van der Waals surface area (Å²) in [4.78, 5) is 54.4. The zero-order valence-electron chi connectivity index (χ0n) is 18.9. The van der Waals surface area contributed by atoms with Gasteiger partial charge in [0.2, 0.25) is 11.6 Å². The number of benzene rings is 2. The van der Waals surface area contributed by atoms with Crippen LogP contribution in [0.25, 0.3) is 5.69 Å². The van der Waals surface area contributed by atoms with Crippen molar-refractivity contribution in [3.05, 3.63) is 92.0 Å². The molecule has 0 atom stereocenters. The standard InChI is InChI=1S/C24H24FN5O4/c1-16-5-3-6-18(13-16)15-29-23(33)21(22(32)28-11-9-27(10-12-28)17(2)31)26-30(24(29)34)20-8-4-7-19(25)14-20/h3-8,13-14H,9-12,15H2,1-2H3. The third-order valence-electron chi connectivity index (χ3n) is 5.75. The lowest BCUT2D eigenvalue weighted by molar-refractivity contribution is -0.130. The molecule has 1 aliphatic heterocycles. The highest BCUT2D eigenvalue weighted by Gasteiger charge is 2.28. The van der Waals surface area contributed by atoms with Crippen LogP contribution in [0.3, 0.4) is 0 Å². The van der Waals surface area contributed by atoms with E-state index < -0.39 is 28.7 Å². The second-order valence-corrected chi connectivity index (χ2v) is 8.20. The molecule has 0 aliphatic carbocycles. The molecular weight excluding hydrogens is 441 g/mol. The van der Waals surface area contributed by atoms with Crippen LogP contribution in [0.4, 0.5) is 4.39 Å². The molecule has 1 fully saturated rings. The Bertz CT molecular complexity index is 1370. The van der Waals surface area contributed by atoms with Crippen molar-refractivity contribution in [3.63, 3.8) is 0 Å². The van der Waals surface area contributed by atoms with Crippen molar-refractivity contribution in [3.8, 4) is 5.69 Å². The molecule has 0 unspecified atom stereocenters. The number of piperazine rings is 1. The number of carbonyl (C=O) groups is 2. The summed E-state index contributed by atoms with van der Waals surface area (Å²) in [6.45, 7) is 4.41. The topological polar surface area (TPSA) is 97.5 Å². The maximum atomic E-state index is 13.9. The van der Waals surface area contributed by atoms with Crippen molar-refractivity contribution in [1.29, 1.82) is 0 Å². The average molecular weight is 465 g/mol. The Kier molecular flexibility index (Phi) is 6.40. The second-order valence-electron chi connectivity index (χ2n) is 8.20. The van der Waals surface area contributed by atoms with Crippen LogP contribution in [0.1, 0.15) is 28.5 Å². The maximum absolute atomic E-state index is 13.9. The van der Waals surface area contributed by atoms with Crippen LogP contribution < -0.4 is 11.2 Å². The molecule has 176 valence electrons. The van der Waals surface area contributed by atoms with E-state index in [2.05, 4.69) is 5.10 Å². The first-order valence-corrected chi connectivity index (χ1v) is 10.8. The van der Waals surface area contributed by atoms with Crippen LogP contribution in [0, 0.1) is 12.7 Å². The highest BCUT2D eigenvalue weighted by molar-refractivity contribution is 5.92. The Morgan fingerprint density at radius 2 is 1.65 bits per heavy atom. The van der Waals surface area contributed by atoms with Gasteiger partial charge in [-0.3, -0.25) is 19.0 Å². The van der Waals surface area contributed by atoms with Gasteiger partial charge in [0.25, 0.3) is 11.5 Å². The van der Waals surface area contributed by atoms with E-state index in [9.17, 15) is 23.6 Å². The molecule has 4 rings (SSSR count). The highest BCUT2D eigenvalue weighted by Crippen LogP contribution is 2.10. The monoisotopic (exact) mass is 465 g/mol. The van der Waals surface area contributed by atoms with E-state index in [0.29, 0.717) is 18.7 Å². The van der Waals surface area contributed by atoms with E-state index in [0.717, 1.165) is 20.9 Å². The summed E-state index contributed by atoms with van der Waals surface area (Å²) >= 11 is 0. The summed E-state index contributed by atoms with van der Waals surface area (Å²) in [6, 6.07) is 12.5. The molecule has 0 radical (unpaired) electrons. The number of hydrogen-bond acceptors (Lipinski definition) is 5. The van der Waals surface area contributed by atoms with Crippen LogP contribution in [0.2, 0.25) is 0 Å². The Labute approximate surface area is 194 Å². The molecule has 1 aromatic heterocycles. The van der Waals surface area contributed by atoms with Gasteiger partial charge in [-0.15, -0.1) is 0 Å². The lowest BCUT2D eigenvalue weighted by Gasteiger charge is -2.33. The molecule has 34 heavy (non-hydrogen) atoms. The van der Waals surface area contributed by atoms with Crippen molar-refractivity contribution in [2.75, 3.05) is 26.2 Å². The first kappa shape index (κ1) is 23.1. The molecule has 2 aromatic carbocycles. The summed E-state index contributed by atoms with van der Waals surface area (Å²) in [5.74, 6) is -1.32. The predicted molar refractivity (Wildman–Crippen MR) is 122 cm³/mol. The van der Waals surface area contributed by atoms with Gasteiger partial charge in [0.05, 0.1) is 12.2 Å². The van der Waals surface area contributed by atoms with Gasteiger partial charge in [-0.05, 0) is 30.7 Å². The van der Waals surface area contributed by atoms with E-state index in [4.69, 9.17) is 0 Å². The van der Waals surface area contributed by atoms with Crippen LogP contribution >= 0.6 is 0 Å². The van der Waals surface area contributed by atoms with Crippen LogP contribution in [0.5, 0.6) is 0 Å². The summed E-state index contributed by atoms with van der Waals surface area (Å²) < 4.78 is 15.7. The minimum atomic E-state index is -0.821. The smallest absolute Gasteiger partial charge is 0.339 e. The normalized spacial score (nSPS) is 13.7. The minimum absolute atomic E-state index is 0.0738. The van der Waals surface area contributed by atoms with Crippen LogP contribution in [0.15, 0.2) is 58.1 Å². The van der Waals surface area contributed by atoms with E-state index in [1.165, 1.54) is 30.0 Å². The lowest BCUT2D eigenvalue weighted by atomic mass is 10.1. The highest BCUT2D eigenvalue weighted by atomic mass is 19.1. The fourth-order valence-electron chi connectivity index (χ4n) is 3.93. The molecule has 2 amide bonds. The Hall–Kier alpha value is -4.08. The number of carbonyl (C=O) groups excluding carboxylic acids is 2. The number of aryl methyl sites for hydroxylation is 1. The lowest BCUT2D eigenvalue weighted by Crippen LogP contribution is -2.52. The van der Waals surface area contributed by atoms with Gasteiger partial charge >= 0.3 is 5.69 Å². The number of amides is 2. The van der Waals surface area contributed by atoms with Crippen molar-refractivity contribution in [1.82, 2.24) is 24.1 Å². The zero-order valence-corrected chi connectivity index (χ0v) is 18.9. The number of hydrogen-bond donors (Lipinski definition) is 0. The summed E-state index contributed by atoms with van der Waals surface area (Å²) in [5, 5.41) is 4.06. The molecule has 10 heteroatoms. The molecule has 1 saturated heterocycles. The maximum Gasteiger partial charge on any atom is 0.352 e. The fraction of sp³-hybridized carbons (Fsp3) is 0.292. The number of halogens is 1. The molecule has 9 nitrogen and oxygen atoms in total. The first-order valence-electron chi connectivity index (χ1n) is 10.8. The number of nitrogens with zero attached hydrogens (tertiary/aromatic N) is 5. The zero-order chi connectivity index (χ0) is 24.4. The molecule has 0 N–H and O–H groups in total.